The molecule has 2 aliphatic rings. The highest BCUT2D eigenvalue weighted by Crippen LogP contribution is 2.38. The molecule has 170 valence electrons. The SMILES string of the molecule is Cc1ccc2c(c1)Oc1ccccc1C(N1CCCN(S(=O)(=O)Cc3ccccc3)CC1)=N2. The molecule has 5 rings (SSSR count). The Balaban J connectivity index is 1.42. The number of benzene rings is 3. The predicted molar refractivity (Wildman–Crippen MR) is 131 cm³/mol. The van der Waals surface area contributed by atoms with Gasteiger partial charge in [-0.05, 0) is 48.7 Å². The zero-order valence-corrected chi connectivity index (χ0v) is 19.5. The van der Waals surface area contributed by atoms with Crippen molar-refractivity contribution in [3.63, 3.8) is 0 Å². The van der Waals surface area contributed by atoms with Crippen LogP contribution in [0, 0.1) is 6.92 Å². The number of sulfonamides is 1. The highest BCUT2D eigenvalue weighted by Gasteiger charge is 2.29. The van der Waals surface area contributed by atoms with Gasteiger partial charge in [0.15, 0.2) is 5.75 Å². The quantitative estimate of drug-likeness (QED) is 0.566. The number of hydrogen-bond donors (Lipinski definition) is 0. The molecule has 2 aliphatic heterocycles. The molecule has 0 saturated carbocycles. The molecule has 6 nitrogen and oxygen atoms in total. The number of hydrogen-bond acceptors (Lipinski definition) is 5. The normalized spacial score (nSPS) is 16.6. The Bertz CT molecular complexity index is 1290. The van der Waals surface area contributed by atoms with Gasteiger partial charge in [0.2, 0.25) is 10.0 Å². The molecular weight excluding hydrogens is 434 g/mol. The number of rotatable bonds is 3. The van der Waals surface area contributed by atoms with Crippen molar-refractivity contribution in [3.8, 4) is 11.5 Å². The number of nitrogens with zero attached hydrogens (tertiary/aromatic N) is 3. The number of fused-ring (bicyclic) bond motifs is 2. The molecule has 0 spiro atoms. The Labute approximate surface area is 195 Å². The summed E-state index contributed by atoms with van der Waals surface area (Å²) in [5.41, 5.74) is 3.63. The van der Waals surface area contributed by atoms with Crippen LogP contribution >= 0.6 is 0 Å². The molecule has 0 aromatic heterocycles. The zero-order chi connectivity index (χ0) is 22.8. The van der Waals surface area contributed by atoms with Gasteiger partial charge in [-0.2, -0.15) is 4.31 Å². The first-order valence-corrected chi connectivity index (χ1v) is 12.8. The van der Waals surface area contributed by atoms with Crippen LogP contribution in [0.5, 0.6) is 11.5 Å². The number of aliphatic imine (C=N–C) groups is 1. The summed E-state index contributed by atoms with van der Waals surface area (Å²) >= 11 is 0. The minimum Gasteiger partial charge on any atom is -0.454 e. The largest absolute Gasteiger partial charge is 0.454 e. The van der Waals surface area contributed by atoms with E-state index in [1.165, 1.54) is 0 Å². The molecule has 3 aromatic rings. The van der Waals surface area contributed by atoms with Gasteiger partial charge in [-0.1, -0.05) is 48.5 Å². The number of aryl methyl sites for hydroxylation is 1. The lowest BCUT2D eigenvalue weighted by molar-refractivity contribution is 0.407. The van der Waals surface area contributed by atoms with Crippen LogP contribution in [0.1, 0.15) is 23.1 Å². The highest BCUT2D eigenvalue weighted by molar-refractivity contribution is 7.88. The minimum atomic E-state index is -3.39. The number of para-hydroxylation sites is 1. The Kier molecular flexibility index (Phi) is 5.91. The lowest BCUT2D eigenvalue weighted by Crippen LogP contribution is -2.38. The van der Waals surface area contributed by atoms with Crippen molar-refractivity contribution in [3.05, 3.63) is 89.5 Å². The molecule has 0 bridgehead atoms. The van der Waals surface area contributed by atoms with Crippen LogP contribution in [0.2, 0.25) is 0 Å². The van der Waals surface area contributed by atoms with Gasteiger partial charge in [-0.15, -0.1) is 0 Å². The number of ether oxygens (including phenoxy) is 1. The van der Waals surface area contributed by atoms with Gasteiger partial charge >= 0.3 is 0 Å². The third-order valence-corrected chi connectivity index (χ3v) is 7.88. The first-order chi connectivity index (χ1) is 16.0. The van der Waals surface area contributed by atoms with E-state index in [1.54, 1.807) is 4.31 Å². The molecule has 0 radical (unpaired) electrons. The maximum atomic E-state index is 13.1. The summed E-state index contributed by atoms with van der Waals surface area (Å²) in [6, 6.07) is 23.3. The van der Waals surface area contributed by atoms with Crippen LogP contribution in [-0.4, -0.2) is 49.6 Å². The van der Waals surface area contributed by atoms with Crippen molar-refractivity contribution in [1.29, 1.82) is 0 Å². The lowest BCUT2D eigenvalue weighted by atomic mass is 10.1. The summed E-state index contributed by atoms with van der Waals surface area (Å²) in [5, 5.41) is 0. The van der Waals surface area contributed by atoms with Crippen molar-refractivity contribution in [2.24, 2.45) is 4.99 Å². The first-order valence-electron chi connectivity index (χ1n) is 11.2. The van der Waals surface area contributed by atoms with Crippen LogP contribution in [0.25, 0.3) is 0 Å². The highest BCUT2D eigenvalue weighted by atomic mass is 32.2. The molecular formula is C26H27N3O3S. The van der Waals surface area contributed by atoms with E-state index in [0.29, 0.717) is 19.6 Å². The number of amidine groups is 1. The van der Waals surface area contributed by atoms with Crippen LogP contribution in [0.4, 0.5) is 5.69 Å². The lowest BCUT2D eigenvalue weighted by Gasteiger charge is -2.25. The summed E-state index contributed by atoms with van der Waals surface area (Å²) in [6.07, 6.45) is 0.733. The maximum absolute atomic E-state index is 13.1. The average Bonchev–Trinajstić information content (AvgIpc) is 3.14. The van der Waals surface area contributed by atoms with Crippen molar-refractivity contribution in [2.45, 2.75) is 19.1 Å². The van der Waals surface area contributed by atoms with E-state index in [2.05, 4.69) is 4.90 Å². The predicted octanol–water partition coefficient (Wildman–Crippen LogP) is 4.72. The van der Waals surface area contributed by atoms with E-state index >= 15 is 0 Å². The summed E-state index contributed by atoms with van der Waals surface area (Å²) < 4.78 is 34.0. The van der Waals surface area contributed by atoms with E-state index < -0.39 is 10.0 Å². The van der Waals surface area contributed by atoms with Gasteiger partial charge in [0.1, 0.15) is 17.3 Å². The molecule has 1 saturated heterocycles. The smallest absolute Gasteiger partial charge is 0.218 e. The standard InChI is InChI=1S/C26H27N3O3S/c1-20-12-13-23-25(18-20)32-24-11-6-5-10-22(24)26(27-23)28-14-7-15-29(17-16-28)33(30,31)19-21-8-3-2-4-9-21/h2-6,8-13,18H,7,14-17,19H2,1H3. The second-order valence-corrected chi connectivity index (χ2v) is 10.5. The third kappa shape index (κ3) is 4.65. The Morgan fingerprint density at radius 1 is 0.879 bits per heavy atom. The molecule has 0 N–H and O–H groups in total. The fraction of sp³-hybridized carbons (Fsp3) is 0.269. The fourth-order valence-corrected chi connectivity index (χ4v) is 5.89. The van der Waals surface area contributed by atoms with E-state index in [1.807, 2.05) is 79.7 Å². The van der Waals surface area contributed by atoms with Crippen molar-refractivity contribution in [1.82, 2.24) is 9.21 Å². The van der Waals surface area contributed by atoms with Crippen molar-refractivity contribution >= 4 is 21.5 Å². The second-order valence-electron chi connectivity index (χ2n) is 8.49. The van der Waals surface area contributed by atoms with Crippen molar-refractivity contribution < 1.29 is 13.2 Å². The molecule has 0 unspecified atom stereocenters. The first kappa shape index (κ1) is 21.7. The van der Waals surface area contributed by atoms with E-state index in [4.69, 9.17) is 9.73 Å². The monoisotopic (exact) mass is 461 g/mol. The Morgan fingerprint density at radius 3 is 2.52 bits per heavy atom. The maximum Gasteiger partial charge on any atom is 0.218 e. The molecule has 1 fully saturated rings. The van der Waals surface area contributed by atoms with Gasteiger partial charge in [-0.3, -0.25) is 0 Å². The summed E-state index contributed by atoms with van der Waals surface area (Å²) in [4.78, 5) is 7.18. The molecule has 0 atom stereocenters. The van der Waals surface area contributed by atoms with Gasteiger partial charge < -0.3 is 9.64 Å². The molecule has 2 heterocycles. The van der Waals surface area contributed by atoms with Gasteiger partial charge in [0.25, 0.3) is 0 Å². The summed E-state index contributed by atoms with van der Waals surface area (Å²) in [5.74, 6) is 2.35. The van der Waals surface area contributed by atoms with E-state index in [9.17, 15) is 8.42 Å². The minimum absolute atomic E-state index is 0.0260. The molecule has 7 heteroatoms. The molecule has 0 amide bonds. The van der Waals surface area contributed by atoms with Crippen molar-refractivity contribution in [2.75, 3.05) is 26.2 Å². The summed E-state index contributed by atoms with van der Waals surface area (Å²) in [6.45, 7) is 4.27. The second kappa shape index (κ2) is 9.00. The van der Waals surface area contributed by atoms with Gasteiger partial charge in [0.05, 0.1) is 11.3 Å². The zero-order valence-electron chi connectivity index (χ0n) is 18.6. The van der Waals surface area contributed by atoms with Crippen LogP contribution in [-0.2, 0) is 15.8 Å². The van der Waals surface area contributed by atoms with Gasteiger partial charge in [-0.25, -0.2) is 13.4 Å². The van der Waals surface area contributed by atoms with E-state index in [0.717, 1.165) is 52.7 Å². The van der Waals surface area contributed by atoms with Crippen LogP contribution in [0.15, 0.2) is 77.8 Å². The van der Waals surface area contributed by atoms with Gasteiger partial charge in [0, 0.05) is 26.2 Å². The Hall–Kier alpha value is -3.16. The fourth-order valence-electron chi connectivity index (χ4n) is 4.33. The van der Waals surface area contributed by atoms with Crippen LogP contribution < -0.4 is 4.74 Å². The molecule has 3 aromatic carbocycles. The topological polar surface area (TPSA) is 62.2 Å². The average molecular weight is 462 g/mol. The van der Waals surface area contributed by atoms with Crippen LogP contribution in [0.3, 0.4) is 0 Å². The Morgan fingerprint density at radius 2 is 1.67 bits per heavy atom. The molecule has 33 heavy (non-hydrogen) atoms. The van der Waals surface area contributed by atoms with E-state index in [-0.39, 0.29) is 5.75 Å². The third-order valence-electron chi connectivity index (χ3n) is 6.03. The molecule has 0 aliphatic carbocycles. The summed E-state index contributed by atoms with van der Waals surface area (Å²) in [7, 11) is -3.39.